The fourth-order valence-electron chi connectivity index (χ4n) is 2.53. The van der Waals surface area contributed by atoms with Gasteiger partial charge in [-0.1, -0.05) is 0 Å². The van der Waals surface area contributed by atoms with Gasteiger partial charge in [0.15, 0.2) is 5.60 Å². The summed E-state index contributed by atoms with van der Waals surface area (Å²) in [6.45, 7) is 4.58. The van der Waals surface area contributed by atoms with Crippen molar-refractivity contribution in [2.45, 2.75) is 25.4 Å². The monoisotopic (exact) mass is 199 g/mol. The van der Waals surface area contributed by atoms with Crippen LogP contribution in [-0.4, -0.2) is 47.8 Å². The highest BCUT2D eigenvalue weighted by Gasteiger charge is 2.51. The second-order valence-electron chi connectivity index (χ2n) is 4.20. The molecule has 0 amide bonds. The average molecular weight is 199 g/mol. The van der Waals surface area contributed by atoms with Crippen LogP contribution in [0.2, 0.25) is 0 Å². The second kappa shape index (κ2) is 3.51. The van der Waals surface area contributed by atoms with E-state index < -0.39 is 11.6 Å². The molecule has 80 valence electrons. The topological polar surface area (TPSA) is 49.8 Å². The van der Waals surface area contributed by atoms with Crippen LogP contribution in [0.25, 0.3) is 0 Å². The van der Waals surface area contributed by atoms with E-state index in [1.165, 1.54) is 0 Å². The molecule has 0 spiro atoms. The molecule has 4 nitrogen and oxygen atoms in total. The lowest BCUT2D eigenvalue weighted by Crippen LogP contribution is -2.63. The Labute approximate surface area is 83.8 Å². The van der Waals surface area contributed by atoms with Crippen molar-refractivity contribution in [3.05, 3.63) is 0 Å². The van der Waals surface area contributed by atoms with Crippen LogP contribution >= 0.6 is 0 Å². The Hall–Kier alpha value is -0.610. The van der Waals surface area contributed by atoms with Crippen molar-refractivity contribution in [1.82, 2.24) is 4.90 Å². The molecule has 0 saturated carbocycles. The number of ether oxygens (including phenoxy) is 1. The largest absolute Gasteiger partial charge is 0.464 e. The highest BCUT2D eigenvalue weighted by Crippen LogP contribution is 2.36. The van der Waals surface area contributed by atoms with Gasteiger partial charge in [0.05, 0.1) is 6.61 Å². The lowest BCUT2D eigenvalue weighted by atomic mass is 9.75. The number of hydrogen-bond donors (Lipinski definition) is 1. The van der Waals surface area contributed by atoms with Crippen molar-refractivity contribution < 1.29 is 14.6 Å². The summed E-state index contributed by atoms with van der Waals surface area (Å²) in [5.41, 5.74) is -1.23. The highest BCUT2D eigenvalue weighted by molar-refractivity contribution is 5.80. The van der Waals surface area contributed by atoms with E-state index in [9.17, 15) is 9.90 Å². The number of carbonyl (C=O) groups excluding carboxylic acids is 1. The molecule has 3 aliphatic heterocycles. The van der Waals surface area contributed by atoms with Gasteiger partial charge in [-0.3, -0.25) is 4.90 Å². The quantitative estimate of drug-likeness (QED) is 0.636. The molecule has 3 heterocycles. The van der Waals surface area contributed by atoms with Crippen molar-refractivity contribution in [1.29, 1.82) is 0 Å². The van der Waals surface area contributed by atoms with Crippen LogP contribution in [-0.2, 0) is 9.53 Å². The third kappa shape index (κ3) is 1.42. The third-order valence-electron chi connectivity index (χ3n) is 3.36. The molecule has 0 unspecified atom stereocenters. The Morgan fingerprint density at radius 3 is 2.64 bits per heavy atom. The van der Waals surface area contributed by atoms with Crippen molar-refractivity contribution in [2.24, 2.45) is 5.92 Å². The molecular formula is C10H17NO3. The zero-order valence-electron chi connectivity index (χ0n) is 8.53. The fraction of sp³-hybridized carbons (Fsp3) is 0.900. The first-order valence-corrected chi connectivity index (χ1v) is 5.29. The Morgan fingerprint density at radius 1 is 1.57 bits per heavy atom. The standard InChI is InChI=1S/C10H17NO3/c1-2-14-9(12)10(13)7-11-5-3-8(10)4-6-11/h8,13H,2-7H2,1H3/t10-/m0/s1. The maximum Gasteiger partial charge on any atom is 0.339 e. The summed E-state index contributed by atoms with van der Waals surface area (Å²) in [6.07, 6.45) is 1.82. The molecule has 14 heavy (non-hydrogen) atoms. The molecule has 3 fully saturated rings. The van der Waals surface area contributed by atoms with Gasteiger partial charge in [0.1, 0.15) is 0 Å². The summed E-state index contributed by atoms with van der Waals surface area (Å²) in [7, 11) is 0. The van der Waals surface area contributed by atoms with Crippen molar-refractivity contribution in [2.75, 3.05) is 26.2 Å². The third-order valence-corrected chi connectivity index (χ3v) is 3.36. The Kier molecular flexibility index (Phi) is 2.49. The number of carbonyl (C=O) groups is 1. The molecule has 2 bridgehead atoms. The van der Waals surface area contributed by atoms with Gasteiger partial charge in [0.2, 0.25) is 0 Å². The van der Waals surface area contributed by atoms with E-state index in [-0.39, 0.29) is 5.92 Å². The summed E-state index contributed by atoms with van der Waals surface area (Å²) in [5.74, 6) is -0.332. The smallest absolute Gasteiger partial charge is 0.339 e. The van der Waals surface area contributed by atoms with Crippen LogP contribution in [0.3, 0.4) is 0 Å². The van der Waals surface area contributed by atoms with Gasteiger partial charge in [-0.2, -0.15) is 0 Å². The van der Waals surface area contributed by atoms with Crippen molar-refractivity contribution >= 4 is 5.97 Å². The maximum atomic E-state index is 11.6. The minimum Gasteiger partial charge on any atom is -0.464 e. The molecule has 0 aromatic rings. The Morgan fingerprint density at radius 2 is 2.21 bits per heavy atom. The number of fused-ring (bicyclic) bond motifs is 3. The average Bonchev–Trinajstić information content (AvgIpc) is 2.19. The summed E-state index contributed by atoms with van der Waals surface area (Å²) >= 11 is 0. The minimum absolute atomic E-state index is 0.103. The number of hydrogen-bond acceptors (Lipinski definition) is 4. The summed E-state index contributed by atoms with van der Waals surface area (Å²) in [6, 6.07) is 0. The molecule has 3 rings (SSSR count). The van der Waals surface area contributed by atoms with Crippen LogP contribution in [0.1, 0.15) is 19.8 Å². The van der Waals surface area contributed by atoms with Crippen LogP contribution in [0.5, 0.6) is 0 Å². The van der Waals surface area contributed by atoms with Crippen LogP contribution in [0.15, 0.2) is 0 Å². The number of piperidine rings is 3. The minimum atomic E-state index is -1.23. The van der Waals surface area contributed by atoms with Gasteiger partial charge in [0.25, 0.3) is 0 Å². The first-order valence-electron chi connectivity index (χ1n) is 5.29. The molecule has 0 aromatic carbocycles. The summed E-state index contributed by atoms with van der Waals surface area (Å²) < 4.78 is 4.92. The molecule has 1 atom stereocenters. The number of esters is 1. The second-order valence-corrected chi connectivity index (χ2v) is 4.20. The normalized spacial score (nSPS) is 41.0. The summed E-state index contributed by atoms with van der Waals surface area (Å²) in [4.78, 5) is 13.7. The number of aliphatic hydroxyl groups is 1. The number of rotatable bonds is 2. The van der Waals surface area contributed by atoms with E-state index in [0.29, 0.717) is 13.2 Å². The first-order chi connectivity index (χ1) is 6.66. The maximum absolute atomic E-state index is 11.6. The van der Waals surface area contributed by atoms with E-state index in [4.69, 9.17) is 4.74 Å². The fourth-order valence-corrected chi connectivity index (χ4v) is 2.53. The zero-order chi connectivity index (χ0) is 10.2. The molecule has 1 N–H and O–H groups in total. The van der Waals surface area contributed by atoms with Gasteiger partial charge in [-0.05, 0) is 32.9 Å². The Balaban J connectivity index is 2.11. The molecule has 0 aliphatic carbocycles. The lowest BCUT2D eigenvalue weighted by Gasteiger charge is -2.48. The molecule has 4 heteroatoms. The molecule has 3 saturated heterocycles. The SMILES string of the molecule is CCOC(=O)[C@]1(O)CN2CCC1CC2. The lowest BCUT2D eigenvalue weighted by molar-refractivity contribution is -0.186. The van der Waals surface area contributed by atoms with E-state index in [1.807, 2.05) is 0 Å². The van der Waals surface area contributed by atoms with E-state index in [1.54, 1.807) is 6.92 Å². The van der Waals surface area contributed by atoms with Crippen molar-refractivity contribution in [3.63, 3.8) is 0 Å². The summed E-state index contributed by atoms with van der Waals surface area (Å²) in [5, 5.41) is 10.2. The van der Waals surface area contributed by atoms with Crippen LogP contribution < -0.4 is 0 Å². The van der Waals surface area contributed by atoms with Crippen molar-refractivity contribution in [3.8, 4) is 0 Å². The molecular weight excluding hydrogens is 182 g/mol. The predicted molar refractivity (Wildman–Crippen MR) is 50.7 cm³/mol. The molecule has 0 radical (unpaired) electrons. The van der Waals surface area contributed by atoms with Crippen LogP contribution in [0.4, 0.5) is 0 Å². The van der Waals surface area contributed by atoms with Gasteiger partial charge in [0, 0.05) is 12.5 Å². The van der Waals surface area contributed by atoms with E-state index in [2.05, 4.69) is 4.90 Å². The van der Waals surface area contributed by atoms with E-state index >= 15 is 0 Å². The van der Waals surface area contributed by atoms with Gasteiger partial charge < -0.3 is 9.84 Å². The zero-order valence-corrected chi connectivity index (χ0v) is 8.53. The number of nitrogens with zero attached hydrogens (tertiary/aromatic N) is 1. The predicted octanol–water partition coefficient (Wildman–Crippen LogP) is 0.00620. The molecule has 3 aliphatic rings. The molecule has 0 aromatic heterocycles. The van der Waals surface area contributed by atoms with Gasteiger partial charge in [-0.15, -0.1) is 0 Å². The van der Waals surface area contributed by atoms with Gasteiger partial charge >= 0.3 is 5.97 Å². The van der Waals surface area contributed by atoms with E-state index in [0.717, 1.165) is 25.9 Å². The Bertz CT molecular complexity index is 236. The van der Waals surface area contributed by atoms with Crippen LogP contribution in [0, 0.1) is 5.92 Å². The highest BCUT2D eigenvalue weighted by atomic mass is 16.5. The van der Waals surface area contributed by atoms with Gasteiger partial charge in [-0.25, -0.2) is 4.79 Å². The first kappa shape index (κ1) is 9.93.